The molecule has 66 valence electrons. The topological polar surface area (TPSA) is 52.3 Å². The van der Waals surface area contributed by atoms with E-state index in [2.05, 4.69) is 4.90 Å². The molecule has 1 aliphatic heterocycles. The van der Waals surface area contributed by atoms with Crippen LogP contribution in [0.2, 0.25) is 0 Å². The van der Waals surface area contributed by atoms with Gasteiger partial charge in [-0.15, -0.1) is 0 Å². The summed E-state index contributed by atoms with van der Waals surface area (Å²) in [5, 5.41) is 0. The largest absolute Gasteiger partial charge is 0.616 e. The minimum atomic E-state index is -0.539. The van der Waals surface area contributed by atoms with Crippen LogP contribution < -0.4 is 5.73 Å². The van der Waals surface area contributed by atoms with Crippen LogP contribution in [-0.4, -0.2) is 47.1 Å². The summed E-state index contributed by atoms with van der Waals surface area (Å²) in [7, 11) is 0. The highest BCUT2D eigenvalue weighted by Crippen LogP contribution is 2.03. The highest BCUT2D eigenvalue weighted by molar-refractivity contribution is 7.91. The van der Waals surface area contributed by atoms with Crippen molar-refractivity contribution in [2.75, 3.05) is 37.7 Å². The third-order valence-electron chi connectivity index (χ3n) is 1.95. The fourth-order valence-corrected chi connectivity index (χ4v) is 2.34. The van der Waals surface area contributed by atoms with Gasteiger partial charge in [-0.25, -0.2) is 0 Å². The Balaban J connectivity index is 2.07. The molecule has 0 spiro atoms. The first-order valence-corrected chi connectivity index (χ1v) is 5.59. The lowest BCUT2D eigenvalue weighted by molar-refractivity contribution is 0.293. The minimum absolute atomic E-state index is 0.539. The van der Waals surface area contributed by atoms with Crippen LogP contribution in [0.5, 0.6) is 0 Å². The zero-order valence-electron chi connectivity index (χ0n) is 6.79. The average Bonchev–Trinajstić information content (AvgIpc) is 2.04. The third-order valence-corrected chi connectivity index (χ3v) is 3.22. The lowest BCUT2D eigenvalue weighted by Gasteiger charge is -2.27. The molecule has 0 amide bonds. The number of nitrogens with zero attached hydrogens (tertiary/aromatic N) is 1. The van der Waals surface area contributed by atoms with Crippen molar-refractivity contribution in [3.63, 3.8) is 0 Å². The SMILES string of the molecule is NCCCN1CC[S+]([O-])CC1. The molecule has 11 heavy (non-hydrogen) atoms. The molecule has 3 nitrogen and oxygen atoms in total. The van der Waals surface area contributed by atoms with Crippen molar-refractivity contribution in [3.05, 3.63) is 0 Å². The van der Waals surface area contributed by atoms with Gasteiger partial charge >= 0.3 is 0 Å². The molecule has 1 heterocycles. The maximum Gasteiger partial charge on any atom is 0.118 e. The Bertz CT molecular complexity index is 102. The average molecular weight is 176 g/mol. The molecule has 0 unspecified atom stereocenters. The van der Waals surface area contributed by atoms with Crippen LogP contribution in [0.3, 0.4) is 0 Å². The van der Waals surface area contributed by atoms with E-state index in [9.17, 15) is 4.55 Å². The van der Waals surface area contributed by atoms with E-state index >= 15 is 0 Å². The van der Waals surface area contributed by atoms with Gasteiger partial charge in [0, 0.05) is 13.1 Å². The van der Waals surface area contributed by atoms with Gasteiger partial charge < -0.3 is 10.3 Å². The van der Waals surface area contributed by atoms with Crippen LogP contribution in [0.1, 0.15) is 6.42 Å². The van der Waals surface area contributed by atoms with Crippen LogP contribution in [-0.2, 0) is 11.2 Å². The maximum absolute atomic E-state index is 10.9. The predicted octanol–water partition coefficient (Wildman–Crippen LogP) is -0.600. The summed E-state index contributed by atoms with van der Waals surface area (Å²) in [6.07, 6.45) is 1.06. The normalized spacial score (nSPS) is 22.4. The lowest BCUT2D eigenvalue weighted by atomic mass is 10.4. The molecule has 0 aromatic carbocycles. The summed E-state index contributed by atoms with van der Waals surface area (Å²) in [6.45, 7) is 3.83. The number of nitrogens with two attached hydrogens (primary N) is 1. The van der Waals surface area contributed by atoms with E-state index in [1.54, 1.807) is 0 Å². The maximum atomic E-state index is 10.9. The summed E-state index contributed by atoms with van der Waals surface area (Å²) in [5.41, 5.74) is 5.39. The van der Waals surface area contributed by atoms with E-state index in [1.807, 2.05) is 0 Å². The molecular formula is C7H16N2OS. The molecule has 0 radical (unpaired) electrons. The number of hydrogen-bond acceptors (Lipinski definition) is 3. The van der Waals surface area contributed by atoms with Crippen molar-refractivity contribution in [2.24, 2.45) is 5.73 Å². The molecule has 0 atom stereocenters. The fraction of sp³-hybridized carbons (Fsp3) is 1.00. The zero-order valence-corrected chi connectivity index (χ0v) is 7.61. The fourth-order valence-electron chi connectivity index (χ4n) is 1.21. The summed E-state index contributed by atoms with van der Waals surface area (Å²) in [5.74, 6) is 1.70. The van der Waals surface area contributed by atoms with Crippen LogP contribution in [0.25, 0.3) is 0 Å². The molecule has 0 aromatic heterocycles. The molecular weight excluding hydrogens is 160 g/mol. The predicted molar refractivity (Wildman–Crippen MR) is 48.0 cm³/mol. The van der Waals surface area contributed by atoms with Gasteiger partial charge in [0.15, 0.2) is 0 Å². The second kappa shape index (κ2) is 4.98. The number of hydrogen-bond donors (Lipinski definition) is 1. The Hall–Kier alpha value is 0.230. The summed E-state index contributed by atoms with van der Waals surface area (Å²) in [4.78, 5) is 2.34. The van der Waals surface area contributed by atoms with E-state index < -0.39 is 11.2 Å². The Morgan fingerprint density at radius 1 is 1.36 bits per heavy atom. The van der Waals surface area contributed by atoms with Gasteiger partial charge in [-0.2, -0.15) is 0 Å². The highest BCUT2D eigenvalue weighted by atomic mass is 32.2. The van der Waals surface area contributed by atoms with E-state index in [0.717, 1.165) is 44.1 Å². The minimum Gasteiger partial charge on any atom is -0.616 e. The Kier molecular flexibility index (Phi) is 4.22. The van der Waals surface area contributed by atoms with Crippen molar-refractivity contribution in [2.45, 2.75) is 6.42 Å². The van der Waals surface area contributed by atoms with E-state index in [4.69, 9.17) is 5.73 Å². The van der Waals surface area contributed by atoms with E-state index in [0.29, 0.717) is 0 Å². The summed E-state index contributed by atoms with van der Waals surface area (Å²) < 4.78 is 10.9. The molecule has 0 saturated carbocycles. The second-order valence-electron chi connectivity index (χ2n) is 2.83. The van der Waals surface area contributed by atoms with Gasteiger partial charge in [-0.05, 0) is 19.5 Å². The first-order chi connectivity index (χ1) is 5.33. The smallest absolute Gasteiger partial charge is 0.118 e. The van der Waals surface area contributed by atoms with Crippen LogP contribution in [0, 0.1) is 0 Å². The first kappa shape index (κ1) is 9.32. The molecule has 1 aliphatic rings. The van der Waals surface area contributed by atoms with Crippen LogP contribution in [0.15, 0.2) is 0 Å². The van der Waals surface area contributed by atoms with Gasteiger partial charge in [0.2, 0.25) is 0 Å². The molecule has 4 heteroatoms. The molecule has 1 fully saturated rings. The van der Waals surface area contributed by atoms with Gasteiger partial charge in [0.05, 0.1) is 0 Å². The zero-order chi connectivity index (χ0) is 8.10. The van der Waals surface area contributed by atoms with Crippen molar-refractivity contribution in [3.8, 4) is 0 Å². The van der Waals surface area contributed by atoms with E-state index in [1.165, 1.54) is 0 Å². The first-order valence-electron chi connectivity index (χ1n) is 4.10. The summed E-state index contributed by atoms with van der Waals surface area (Å²) in [6, 6.07) is 0. The molecule has 0 aliphatic carbocycles. The van der Waals surface area contributed by atoms with Crippen LogP contribution in [0.4, 0.5) is 0 Å². The van der Waals surface area contributed by atoms with Crippen molar-refractivity contribution in [1.82, 2.24) is 4.90 Å². The van der Waals surface area contributed by atoms with E-state index in [-0.39, 0.29) is 0 Å². The summed E-state index contributed by atoms with van der Waals surface area (Å²) >= 11 is -0.539. The van der Waals surface area contributed by atoms with Gasteiger partial charge in [-0.3, -0.25) is 4.90 Å². The van der Waals surface area contributed by atoms with Crippen molar-refractivity contribution < 1.29 is 4.55 Å². The van der Waals surface area contributed by atoms with Crippen LogP contribution >= 0.6 is 0 Å². The Morgan fingerprint density at radius 2 is 2.00 bits per heavy atom. The monoisotopic (exact) mass is 176 g/mol. The Morgan fingerprint density at radius 3 is 2.55 bits per heavy atom. The number of rotatable bonds is 3. The van der Waals surface area contributed by atoms with Gasteiger partial charge in [-0.1, -0.05) is 11.2 Å². The quantitative estimate of drug-likeness (QED) is 0.584. The van der Waals surface area contributed by atoms with Crippen molar-refractivity contribution in [1.29, 1.82) is 0 Å². The van der Waals surface area contributed by atoms with Gasteiger partial charge in [0.1, 0.15) is 11.5 Å². The van der Waals surface area contributed by atoms with Gasteiger partial charge in [0.25, 0.3) is 0 Å². The second-order valence-corrected chi connectivity index (χ2v) is 4.53. The van der Waals surface area contributed by atoms with Crippen molar-refractivity contribution >= 4 is 11.2 Å². The molecule has 0 aromatic rings. The highest BCUT2D eigenvalue weighted by Gasteiger charge is 2.17. The molecule has 2 N–H and O–H groups in total. The lowest BCUT2D eigenvalue weighted by Crippen LogP contribution is -2.41. The Labute approximate surface area is 71.1 Å². The molecule has 0 bridgehead atoms. The molecule has 1 saturated heterocycles. The standard InChI is InChI=1S/C7H16N2OS/c8-2-1-3-9-4-6-11(10)7-5-9/h1-8H2. The third kappa shape index (κ3) is 3.42. The molecule has 1 rings (SSSR count).